The molecule has 2 aromatic rings. The molecule has 0 saturated heterocycles. The minimum Gasteiger partial charge on any atom is -0.458 e. The van der Waals surface area contributed by atoms with Gasteiger partial charge in [-0.3, -0.25) is 9.59 Å². The van der Waals surface area contributed by atoms with Gasteiger partial charge in [0.05, 0.1) is 6.07 Å². The van der Waals surface area contributed by atoms with Crippen LogP contribution in [0.1, 0.15) is 76.3 Å². The molecular weight excluding hydrogens is 604 g/mol. The van der Waals surface area contributed by atoms with Crippen molar-refractivity contribution >= 4 is 35.6 Å². The van der Waals surface area contributed by atoms with E-state index in [-0.39, 0.29) is 12.8 Å². The largest absolute Gasteiger partial charge is 0.458 e. The van der Waals surface area contributed by atoms with Crippen molar-refractivity contribution in [3.63, 3.8) is 0 Å². The Kier molecular flexibility index (Phi) is 14.1. The number of rotatable bonds is 13. The van der Waals surface area contributed by atoms with Crippen LogP contribution in [0.5, 0.6) is 0 Å². The van der Waals surface area contributed by atoms with Crippen molar-refractivity contribution in [3.8, 4) is 6.07 Å². The Labute approximate surface area is 277 Å². The number of ether oxygens (including phenoxy) is 2. The number of amides is 3. The van der Waals surface area contributed by atoms with Crippen LogP contribution in [-0.2, 0) is 30.3 Å². The van der Waals surface area contributed by atoms with E-state index >= 15 is 0 Å². The predicted molar refractivity (Wildman–Crippen MR) is 180 cm³/mol. The highest BCUT2D eigenvalue weighted by atomic mass is 32.2. The first-order chi connectivity index (χ1) is 21.5. The molecule has 3 amide bonds. The van der Waals surface area contributed by atoms with Crippen LogP contribution in [0.4, 0.5) is 4.79 Å². The topological polar surface area (TPSA) is 138 Å². The fourth-order valence-electron chi connectivity index (χ4n) is 4.87. The van der Waals surface area contributed by atoms with Crippen molar-refractivity contribution in [2.45, 2.75) is 97.6 Å². The lowest BCUT2D eigenvalue weighted by Gasteiger charge is -2.35. The van der Waals surface area contributed by atoms with Gasteiger partial charge in [0.1, 0.15) is 35.9 Å². The molecule has 0 heterocycles. The summed E-state index contributed by atoms with van der Waals surface area (Å²) in [6, 6.07) is 13.2. The highest BCUT2D eigenvalue weighted by molar-refractivity contribution is 7.98. The van der Waals surface area contributed by atoms with Gasteiger partial charge in [0.15, 0.2) is 0 Å². The van der Waals surface area contributed by atoms with Crippen LogP contribution in [0.2, 0.25) is 0 Å². The summed E-state index contributed by atoms with van der Waals surface area (Å²) in [6.45, 7) is 13.5. The van der Waals surface area contributed by atoms with E-state index in [1.807, 2.05) is 74.7 Å². The molecule has 0 spiro atoms. The number of carbonyl (C=O) groups excluding carboxylic acids is 4. The van der Waals surface area contributed by atoms with E-state index in [4.69, 9.17) is 9.47 Å². The average Bonchev–Trinajstić information content (AvgIpc) is 2.94. The molecule has 3 atom stereocenters. The number of alkyl carbamates (subject to hydrolysis) is 1. The minimum absolute atomic E-state index is 0.143. The van der Waals surface area contributed by atoms with Crippen molar-refractivity contribution < 1.29 is 28.7 Å². The second-order valence-electron chi connectivity index (χ2n) is 13.1. The maximum Gasteiger partial charge on any atom is 0.408 e. The van der Waals surface area contributed by atoms with Gasteiger partial charge in [-0.25, -0.2) is 9.59 Å². The Bertz CT molecular complexity index is 1370. The first-order valence-electron chi connectivity index (χ1n) is 15.3. The third-order valence-electron chi connectivity index (χ3n) is 6.79. The quantitative estimate of drug-likeness (QED) is 0.216. The van der Waals surface area contributed by atoms with Crippen LogP contribution in [0.3, 0.4) is 0 Å². The molecule has 0 aliphatic carbocycles. The number of esters is 1. The van der Waals surface area contributed by atoms with E-state index in [2.05, 4.69) is 10.6 Å². The molecule has 0 aliphatic rings. The zero-order chi connectivity index (χ0) is 34.7. The van der Waals surface area contributed by atoms with E-state index in [1.165, 1.54) is 16.7 Å². The van der Waals surface area contributed by atoms with Crippen molar-refractivity contribution in [3.05, 3.63) is 70.8 Å². The zero-order valence-electron chi connectivity index (χ0n) is 28.4. The summed E-state index contributed by atoms with van der Waals surface area (Å²) in [5.41, 5.74) is 1.13. The van der Waals surface area contributed by atoms with Crippen LogP contribution < -0.4 is 10.6 Å². The van der Waals surface area contributed by atoms with Crippen LogP contribution >= 0.6 is 11.8 Å². The second-order valence-corrected chi connectivity index (χ2v) is 14.1. The number of carbonyl (C=O) groups is 4. The number of nitrogens with zero attached hydrogens (tertiary/aromatic N) is 2. The number of nitrogens with one attached hydrogen (secondary N) is 2. The summed E-state index contributed by atoms with van der Waals surface area (Å²) in [5, 5.41) is 15.4. The van der Waals surface area contributed by atoms with Crippen molar-refractivity contribution in [1.29, 1.82) is 5.26 Å². The molecule has 46 heavy (non-hydrogen) atoms. The first-order valence-corrected chi connectivity index (χ1v) is 16.7. The maximum atomic E-state index is 14.4. The number of thioether (sulfide) groups is 1. The second kappa shape index (κ2) is 17.0. The summed E-state index contributed by atoms with van der Waals surface area (Å²) in [6.07, 6.45) is 1.46. The molecule has 0 saturated carbocycles. The van der Waals surface area contributed by atoms with Gasteiger partial charge >= 0.3 is 12.1 Å². The molecule has 10 nitrogen and oxygen atoms in total. The van der Waals surface area contributed by atoms with Crippen LogP contribution in [0.25, 0.3) is 0 Å². The molecule has 3 unspecified atom stereocenters. The summed E-state index contributed by atoms with van der Waals surface area (Å²) in [5.74, 6) is -1.40. The third-order valence-corrected chi connectivity index (χ3v) is 7.43. The van der Waals surface area contributed by atoms with E-state index in [0.717, 1.165) is 5.56 Å². The van der Waals surface area contributed by atoms with Gasteiger partial charge in [-0.1, -0.05) is 48.5 Å². The molecule has 0 radical (unpaired) electrons. The molecular formula is C35H48N4O6S. The maximum absolute atomic E-state index is 14.4. The Morgan fingerprint density at radius 1 is 0.870 bits per heavy atom. The number of nitriles is 1. The fourth-order valence-corrected chi connectivity index (χ4v) is 5.34. The lowest BCUT2D eigenvalue weighted by atomic mass is 9.93. The number of benzene rings is 2. The number of aryl methyl sites for hydroxylation is 2. The highest BCUT2D eigenvalue weighted by Gasteiger charge is 2.39. The van der Waals surface area contributed by atoms with Crippen LogP contribution in [0, 0.1) is 25.2 Å². The van der Waals surface area contributed by atoms with E-state index < -0.39 is 59.7 Å². The van der Waals surface area contributed by atoms with Gasteiger partial charge in [0.2, 0.25) is 11.8 Å². The van der Waals surface area contributed by atoms with Gasteiger partial charge in [0.25, 0.3) is 0 Å². The summed E-state index contributed by atoms with van der Waals surface area (Å²) < 4.78 is 11.1. The highest BCUT2D eigenvalue weighted by Crippen LogP contribution is 2.29. The molecule has 2 N–H and O–H groups in total. The summed E-state index contributed by atoms with van der Waals surface area (Å²) >= 11 is 1.49. The minimum atomic E-state index is -1.30. The predicted octanol–water partition coefficient (Wildman–Crippen LogP) is 5.41. The molecule has 0 aliphatic heterocycles. The lowest BCUT2D eigenvalue weighted by molar-refractivity contribution is -0.159. The van der Waals surface area contributed by atoms with E-state index in [0.29, 0.717) is 22.4 Å². The Morgan fingerprint density at radius 3 is 1.98 bits per heavy atom. The van der Waals surface area contributed by atoms with Crippen molar-refractivity contribution in [2.75, 3.05) is 18.6 Å². The third kappa shape index (κ3) is 12.0. The van der Waals surface area contributed by atoms with Gasteiger partial charge in [-0.2, -0.15) is 17.0 Å². The molecule has 0 aromatic heterocycles. The van der Waals surface area contributed by atoms with Crippen LogP contribution in [-0.4, -0.2) is 70.6 Å². The monoisotopic (exact) mass is 652 g/mol. The van der Waals surface area contributed by atoms with Gasteiger partial charge in [0, 0.05) is 6.42 Å². The van der Waals surface area contributed by atoms with E-state index in [9.17, 15) is 24.4 Å². The molecule has 2 rings (SSSR count). The molecule has 0 fully saturated rings. The summed E-state index contributed by atoms with van der Waals surface area (Å²) in [4.78, 5) is 56.2. The zero-order valence-corrected chi connectivity index (χ0v) is 29.2. The standard InChI is InChI=1S/C35H48N4O6S/c1-23-14-13-15-24(2)28(23)29(30(40)37-27(32(42)44-34(3,4)5)22-25-16-11-10-12-17-25)39(20-19-36)31(41)26(18-21-46-9)38-33(43)45-35(6,7)8/h10-17,26-27,29H,18,20-22H2,1-9H3,(H,37,40)(H,38,43). The van der Waals surface area contributed by atoms with Gasteiger partial charge < -0.3 is 25.0 Å². The Balaban J connectivity index is 2.64. The smallest absolute Gasteiger partial charge is 0.408 e. The number of hydrogen-bond donors (Lipinski definition) is 2. The van der Waals surface area contributed by atoms with E-state index in [1.54, 1.807) is 41.5 Å². The molecule has 0 bridgehead atoms. The van der Waals surface area contributed by atoms with Crippen molar-refractivity contribution in [1.82, 2.24) is 15.5 Å². The molecule has 2 aromatic carbocycles. The van der Waals surface area contributed by atoms with Crippen molar-refractivity contribution in [2.24, 2.45) is 0 Å². The Morgan fingerprint density at radius 2 is 1.46 bits per heavy atom. The van der Waals surface area contributed by atoms with Crippen LogP contribution in [0.15, 0.2) is 48.5 Å². The molecule has 250 valence electrons. The molecule has 11 heteroatoms. The lowest BCUT2D eigenvalue weighted by Crippen LogP contribution is -2.55. The van der Waals surface area contributed by atoms with Gasteiger partial charge in [-0.05, 0) is 96.1 Å². The SMILES string of the molecule is CSCCC(NC(=O)OC(C)(C)C)C(=O)N(CC#N)C(C(=O)NC(Cc1ccccc1)C(=O)OC(C)(C)C)c1c(C)cccc1C. The Hall–Kier alpha value is -4.04. The number of hydrogen-bond acceptors (Lipinski definition) is 8. The van der Waals surface area contributed by atoms with Gasteiger partial charge in [-0.15, -0.1) is 0 Å². The average molecular weight is 653 g/mol. The normalized spacial score (nSPS) is 13.4. The first kappa shape index (κ1) is 38.1. The fraction of sp³-hybridized carbons (Fsp3) is 0.514. The summed E-state index contributed by atoms with van der Waals surface area (Å²) in [7, 11) is 0.